The van der Waals surface area contributed by atoms with E-state index >= 15 is 0 Å². The number of hydrogen-bond donors (Lipinski definition) is 1. The molecule has 0 bridgehead atoms. The van der Waals surface area contributed by atoms with Crippen molar-refractivity contribution in [3.63, 3.8) is 0 Å². The standard InChI is InChI=1S/C20H25N5O/c1-14-6-5-7-16(12-14)23-20(26)25-11-8-18-17(13-25)19(22-15(2)21-18)24-9-3-4-10-24/h5-7,12H,3-4,8-11,13H2,1-2H3,(H,23,26). The Morgan fingerprint density at radius 3 is 2.69 bits per heavy atom. The van der Waals surface area contributed by atoms with E-state index in [1.807, 2.05) is 43.0 Å². The molecule has 2 aromatic rings. The van der Waals surface area contributed by atoms with Crippen LogP contribution in [-0.4, -0.2) is 40.5 Å². The second-order valence-electron chi connectivity index (χ2n) is 7.19. The fourth-order valence-corrected chi connectivity index (χ4v) is 3.81. The number of nitrogens with zero attached hydrogens (tertiary/aromatic N) is 4. The molecule has 2 aliphatic rings. The molecule has 1 aromatic carbocycles. The lowest BCUT2D eigenvalue weighted by Gasteiger charge is -2.31. The molecule has 4 rings (SSSR count). The van der Waals surface area contributed by atoms with E-state index in [1.54, 1.807) is 0 Å². The molecule has 6 nitrogen and oxygen atoms in total. The van der Waals surface area contributed by atoms with Crippen LogP contribution >= 0.6 is 0 Å². The highest BCUT2D eigenvalue weighted by atomic mass is 16.2. The quantitative estimate of drug-likeness (QED) is 0.902. The zero-order valence-electron chi connectivity index (χ0n) is 15.5. The summed E-state index contributed by atoms with van der Waals surface area (Å²) in [6.07, 6.45) is 3.19. The topological polar surface area (TPSA) is 61.4 Å². The molecule has 1 saturated heterocycles. The summed E-state index contributed by atoms with van der Waals surface area (Å²) >= 11 is 0. The third-order valence-electron chi connectivity index (χ3n) is 5.11. The van der Waals surface area contributed by atoms with Crippen LogP contribution in [0.3, 0.4) is 0 Å². The van der Waals surface area contributed by atoms with Crippen LogP contribution in [0.1, 0.15) is 35.5 Å². The first kappa shape index (κ1) is 16.8. The Hall–Kier alpha value is -2.63. The molecule has 6 heteroatoms. The molecule has 0 unspecified atom stereocenters. The van der Waals surface area contributed by atoms with Crippen LogP contribution in [-0.2, 0) is 13.0 Å². The third kappa shape index (κ3) is 3.36. The first-order valence-corrected chi connectivity index (χ1v) is 9.34. The van der Waals surface area contributed by atoms with Crippen LogP contribution in [0.2, 0.25) is 0 Å². The molecule has 26 heavy (non-hydrogen) atoms. The number of anilines is 2. The highest BCUT2D eigenvalue weighted by Gasteiger charge is 2.28. The van der Waals surface area contributed by atoms with Crippen LogP contribution < -0.4 is 10.2 Å². The molecule has 0 atom stereocenters. The fourth-order valence-electron chi connectivity index (χ4n) is 3.81. The van der Waals surface area contributed by atoms with Crippen molar-refractivity contribution < 1.29 is 4.79 Å². The van der Waals surface area contributed by atoms with E-state index in [9.17, 15) is 4.79 Å². The second kappa shape index (κ2) is 6.94. The number of carbonyl (C=O) groups is 1. The normalized spacial score (nSPS) is 16.5. The molecule has 0 spiro atoms. The minimum absolute atomic E-state index is 0.0609. The maximum absolute atomic E-state index is 12.7. The number of carbonyl (C=O) groups excluding carboxylic acids is 1. The summed E-state index contributed by atoms with van der Waals surface area (Å²) in [6.45, 7) is 7.31. The Morgan fingerprint density at radius 1 is 1.12 bits per heavy atom. The number of fused-ring (bicyclic) bond motifs is 1. The van der Waals surface area contributed by atoms with Crippen LogP contribution in [0.15, 0.2) is 24.3 Å². The van der Waals surface area contributed by atoms with Crippen LogP contribution in [0.25, 0.3) is 0 Å². The average Bonchev–Trinajstić information content (AvgIpc) is 3.15. The Morgan fingerprint density at radius 2 is 1.92 bits per heavy atom. The molecule has 1 fully saturated rings. The van der Waals surface area contributed by atoms with Gasteiger partial charge >= 0.3 is 6.03 Å². The van der Waals surface area contributed by atoms with Crippen LogP contribution in [0, 0.1) is 13.8 Å². The smallest absolute Gasteiger partial charge is 0.322 e. The zero-order chi connectivity index (χ0) is 18.1. The number of aryl methyl sites for hydroxylation is 2. The van der Waals surface area contributed by atoms with Gasteiger partial charge in [0.1, 0.15) is 11.6 Å². The minimum Gasteiger partial charge on any atom is -0.356 e. The molecule has 1 aromatic heterocycles. The largest absolute Gasteiger partial charge is 0.356 e. The van der Waals surface area contributed by atoms with Crippen molar-refractivity contribution in [2.75, 3.05) is 29.9 Å². The van der Waals surface area contributed by atoms with Gasteiger partial charge in [-0.3, -0.25) is 0 Å². The Kier molecular flexibility index (Phi) is 4.49. The van der Waals surface area contributed by atoms with Gasteiger partial charge in [0.2, 0.25) is 0 Å². The maximum atomic E-state index is 12.7. The van der Waals surface area contributed by atoms with Gasteiger partial charge in [-0.05, 0) is 44.4 Å². The zero-order valence-corrected chi connectivity index (χ0v) is 15.5. The van der Waals surface area contributed by atoms with E-state index in [1.165, 1.54) is 12.8 Å². The first-order valence-electron chi connectivity index (χ1n) is 9.34. The van der Waals surface area contributed by atoms with Gasteiger partial charge in [-0.2, -0.15) is 0 Å². The van der Waals surface area contributed by atoms with Gasteiger partial charge in [0, 0.05) is 37.3 Å². The lowest BCUT2D eigenvalue weighted by atomic mass is 10.1. The number of hydrogen-bond acceptors (Lipinski definition) is 4. The van der Waals surface area contributed by atoms with Crippen molar-refractivity contribution in [3.05, 3.63) is 46.9 Å². The molecule has 2 aliphatic heterocycles. The van der Waals surface area contributed by atoms with E-state index in [2.05, 4.69) is 15.2 Å². The Bertz CT molecular complexity index is 829. The number of rotatable bonds is 2. The molecule has 0 saturated carbocycles. The van der Waals surface area contributed by atoms with E-state index in [-0.39, 0.29) is 6.03 Å². The molecular weight excluding hydrogens is 326 g/mol. The molecular formula is C20H25N5O. The summed E-state index contributed by atoms with van der Waals surface area (Å²) in [5, 5.41) is 3.02. The number of nitrogens with one attached hydrogen (secondary N) is 1. The highest BCUT2D eigenvalue weighted by molar-refractivity contribution is 5.89. The van der Waals surface area contributed by atoms with Crippen LogP contribution in [0.5, 0.6) is 0 Å². The van der Waals surface area contributed by atoms with Crippen molar-refractivity contribution >= 4 is 17.5 Å². The predicted octanol–water partition coefficient (Wildman–Crippen LogP) is 3.28. The lowest BCUT2D eigenvalue weighted by Crippen LogP contribution is -2.40. The van der Waals surface area contributed by atoms with Crippen LogP contribution in [0.4, 0.5) is 16.3 Å². The summed E-state index contributed by atoms with van der Waals surface area (Å²) < 4.78 is 0. The number of benzene rings is 1. The van der Waals surface area contributed by atoms with E-state index < -0.39 is 0 Å². The van der Waals surface area contributed by atoms with Gasteiger partial charge < -0.3 is 15.1 Å². The molecule has 0 radical (unpaired) electrons. The van der Waals surface area contributed by atoms with Crippen molar-refractivity contribution in [1.29, 1.82) is 0 Å². The number of amides is 2. The van der Waals surface area contributed by atoms with E-state index in [0.717, 1.165) is 53.7 Å². The molecule has 3 heterocycles. The van der Waals surface area contributed by atoms with Crippen molar-refractivity contribution in [2.24, 2.45) is 0 Å². The maximum Gasteiger partial charge on any atom is 0.322 e. The summed E-state index contributed by atoms with van der Waals surface area (Å²) in [5.74, 6) is 1.85. The first-order chi connectivity index (χ1) is 12.6. The Labute approximate surface area is 154 Å². The van der Waals surface area contributed by atoms with Gasteiger partial charge in [0.15, 0.2) is 0 Å². The average molecular weight is 351 g/mol. The molecule has 136 valence electrons. The van der Waals surface area contributed by atoms with Gasteiger partial charge in [0.25, 0.3) is 0 Å². The predicted molar refractivity (Wildman–Crippen MR) is 103 cm³/mol. The van der Waals surface area contributed by atoms with E-state index in [4.69, 9.17) is 4.98 Å². The lowest BCUT2D eigenvalue weighted by molar-refractivity contribution is 0.206. The van der Waals surface area contributed by atoms with Gasteiger partial charge in [-0.1, -0.05) is 12.1 Å². The molecule has 2 amide bonds. The summed E-state index contributed by atoms with van der Waals surface area (Å²) in [7, 11) is 0. The van der Waals surface area contributed by atoms with Gasteiger partial charge in [-0.25, -0.2) is 14.8 Å². The SMILES string of the molecule is Cc1cccc(NC(=O)N2CCc3nc(C)nc(N4CCCC4)c3C2)c1. The summed E-state index contributed by atoms with van der Waals surface area (Å²) in [5.41, 5.74) is 4.18. The van der Waals surface area contributed by atoms with Crippen molar-refractivity contribution in [3.8, 4) is 0 Å². The van der Waals surface area contributed by atoms with Crippen molar-refractivity contribution in [2.45, 2.75) is 39.7 Å². The molecule has 0 aliphatic carbocycles. The Balaban J connectivity index is 1.55. The molecule has 1 N–H and O–H groups in total. The van der Waals surface area contributed by atoms with Gasteiger partial charge in [0.05, 0.1) is 12.2 Å². The number of aromatic nitrogens is 2. The minimum atomic E-state index is -0.0609. The second-order valence-corrected chi connectivity index (χ2v) is 7.19. The fraction of sp³-hybridized carbons (Fsp3) is 0.450. The van der Waals surface area contributed by atoms with Gasteiger partial charge in [-0.15, -0.1) is 0 Å². The third-order valence-corrected chi connectivity index (χ3v) is 5.11. The number of urea groups is 1. The van der Waals surface area contributed by atoms with Crippen molar-refractivity contribution in [1.82, 2.24) is 14.9 Å². The highest BCUT2D eigenvalue weighted by Crippen LogP contribution is 2.29. The summed E-state index contributed by atoms with van der Waals surface area (Å²) in [4.78, 5) is 26.3. The monoisotopic (exact) mass is 351 g/mol. The van der Waals surface area contributed by atoms with E-state index in [0.29, 0.717) is 13.1 Å². The summed E-state index contributed by atoms with van der Waals surface area (Å²) in [6, 6.07) is 7.82.